The minimum atomic E-state index is -0.565. The second kappa shape index (κ2) is 7.37. The Morgan fingerprint density at radius 1 is 1.27 bits per heavy atom. The maximum Gasteiger partial charge on any atom is 0.250 e. The molecule has 0 bridgehead atoms. The highest BCUT2D eigenvalue weighted by Crippen LogP contribution is 2.31. The van der Waals surface area contributed by atoms with Crippen molar-refractivity contribution in [3.05, 3.63) is 41.3 Å². The van der Waals surface area contributed by atoms with Gasteiger partial charge < -0.3 is 15.5 Å². The van der Waals surface area contributed by atoms with E-state index in [0.29, 0.717) is 41.8 Å². The molecule has 2 N–H and O–H groups in total. The first-order chi connectivity index (χ1) is 12.3. The zero-order chi connectivity index (χ0) is 18.8. The highest BCUT2D eigenvalue weighted by atomic mass is 19.1. The number of aromatic nitrogens is 1. The van der Waals surface area contributed by atoms with Gasteiger partial charge in [0.1, 0.15) is 5.82 Å². The first-order valence-corrected chi connectivity index (χ1v) is 8.67. The van der Waals surface area contributed by atoms with Crippen molar-refractivity contribution in [2.24, 2.45) is 5.73 Å². The maximum absolute atomic E-state index is 13.4. The number of halogens is 1. The number of fused-ring (bicyclic) bond motifs is 1. The number of hydrogen-bond acceptors (Lipinski definition) is 4. The van der Waals surface area contributed by atoms with Crippen molar-refractivity contribution in [1.82, 2.24) is 14.8 Å². The van der Waals surface area contributed by atoms with Gasteiger partial charge in [0.05, 0.1) is 23.3 Å². The number of hydrogen-bond donors (Lipinski definition) is 1. The van der Waals surface area contributed by atoms with Gasteiger partial charge in [-0.3, -0.25) is 14.6 Å². The van der Waals surface area contributed by atoms with Gasteiger partial charge in [0.15, 0.2) is 0 Å². The molecule has 1 saturated heterocycles. The second-order valence-electron chi connectivity index (χ2n) is 7.02. The minimum absolute atomic E-state index is 0.0513. The number of nitrogens with two attached hydrogens (primary N) is 1. The van der Waals surface area contributed by atoms with E-state index in [-0.39, 0.29) is 17.6 Å². The predicted molar refractivity (Wildman–Crippen MR) is 97.3 cm³/mol. The van der Waals surface area contributed by atoms with E-state index >= 15 is 0 Å². The smallest absolute Gasteiger partial charge is 0.250 e. The van der Waals surface area contributed by atoms with E-state index < -0.39 is 5.91 Å². The van der Waals surface area contributed by atoms with E-state index in [9.17, 15) is 14.0 Å². The number of piperidine rings is 1. The lowest BCUT2D eigenvalue weighted by molar-refractivity contribution is -0.132. The number of rotatable bonds is 4. The van der Waals surface area contributed by atoms with Crippen molar-refractivity contribution < 1.29 is 14.0 Å². The van der Waals surface area contributed by atoms with Gasteiger partial charge in [0, 0.05) is 24.4 Å². The molecule has 2 aromatic rings. The summed E-state index contributed by atoms with van der Waals surface area (Å²) >= 11 is 0. The summed E-state index contributed by atoms with van der Waals surface area (Å²) in [5.74, 6) is -0.791. The summed E-state index contributed by atoms with van der Waals surface area (Å²) in [6.45, 7) is 1.63. The normalized spacial score (nSPS) is 15.6. The summed E-state index contributed by atoms with van der Waals surface area (Å²) in [5.41, 5.74) is 7.16. The average molecular weight is 358 g/mol. The Labute approximate surface area is 151 Å². The van der Waals surface area contributed by atoms with Crippen LogP contribution < -0.4 is 5.73 Å². The highest BCUT2D eigenvalue weighted by Gasteiger charge is 2.27. The summed E-state index contributed by atoms with van der Waals surface area (Å²) in [7, 11) is 3.73. The quantitative estimate of drug-likeness (QED) is 0.903. The molecule has 0 radical (unpaired) electrons. The summed E-state index contributed by atoms with van der Waals surface area (Å²) in [6.07, 6.45) is 1.44. The molecule has 0 spiro atoms. The van der Waals surface area contributed by atoms with E-state index in [2.05, 4.69) is 4.98 Å². The number of benzene rings is 1. The Hall–Kier alpha value is -2.54. The molecule has 6 nitrogen and oxygen atoms in total. The highest BCUT2D eigenvalue weighted by molar-refractivity contribution is 5.97. The molecule has 3 rings (SSSR count). The summed E-state index contributed by atoms with van der Waals surface area (Å²) in [6, 6.07) is 5.92. The van der Waals surface area contributed by atoms with Gasteiger partial charge in [-0.1, -0.05) is 0 Å². The summed E-state index contributed by atoms with van der Waals surface area (Å²) in [4.78, 5) is 32.4. The van der Waals surface area contributed by atoms with Crippen LogP contribution in [0.3, 0.4) is 0 Å². The van der Waals surface area contributed by atoms with Gasteiger partial charge in [0.2, 0.25) is 5.91 Å². The van der Waals surface area contributed by atoms with Gasteiger partial charge in [-0.05, 0) is 51.2 Å². The fraction of sp³-hybridized carbons (Fsp3) is 0.421. The second-order valence-corrected chi connectivity index (χ2v) is 7.02. The first-order valence-electron chi connectivity index (χ1n) is 8.67. The largest absolute Gasteiger partial charge is 0.366 e. The van der Waals surface area contributed by atoms with Gasteiger partial charge in [-0.2, -0.15) is 0 Å². The number of nitrogens with zero attached hydrogens (tertiary/aromatic N) is 3. The van der Waals surface area contributed by atoms with E-state index in [1.807, 2.05) is 23.9 Å². The van der Waals surface area contributed by atoms with Crippen molar-refractivity contribution in [3.8, 4) is 0 Å². The molecule has 26 heavy (non-hydrogen) atoms. The van der Waals surface area contributed by atoms with Crippen molar-refractivity contribution in [3.63, 3.8) is 0 Å². The molecule has 7 heteroatoms. The van der Waals surface area contributed by atoms with Gasteiger partial charge in [-0.25, -0.2) is 4.39 Å². The van der Waals surface area contributed by atoms with Crippen LogP contribution in [0, 0.1) is 5.82 Å². The van der Waals surface area contributed by atoms with Crippen molar-refractivity contribution in [2.75, 3.05) is 33.7 Å². The number of likely N-dealkylation sites (tertiary alicyclic amines) is 1. The number of carbonyl (C=O) groups excluding carboxylic acids is 2. The van der Waals surface area contributed by atoms with Gasteiger partial charge in [0.25, 0.3) is 5.91 Å². The topological polar surface area (TPSA) is 79.5 Å². The Kier molecular flexibility index (Phi) is 5.18. The molecular weight excluding hydrogens is 335 g/mol. The van der Waals surface area contributed by atoms with Crippen LogP contribution in [0.1, 0.15) is 34.8 Å². The van der Waals surface area contributed by atoms with Crippen LogP contribution in [-0.2, 0) is 4.79 Å². The fourth-order valence-corrected chi connectivity index (χ4v) is 3.44. The van der Waals surface area contributed by atoms with Crippen LogP contribution in [0.15, 0.2) is 24.3 Å². The monoisotopic (exact) mass is 358 g/mol. The van der Waals surface area contributed by atoms with Crippen molar-refractivity contribution >= 4 is 22.7 Å². The SMILES string of the molecule is CN(C)CC(=O)N1CCC(c2nc3ccc(F)cc3cc2C(N)=O)CC1. The lowest BCUT2D eigenvalue weighted by atomic mass is 9.89. The zero-order valence-corrected chi connectivity index (χ0v) is 15.0. The van der Waals surface area contributed by atoms with Gasteiger partial charge >= 0.3 is 0 Å². The lowest BCUT2D eigenvalue weighted by Crippen LogP contribution is -2.42. The number of amides is 2. The van der Waals surface area contributed by atoms with Crippen LogP contribution in [-0.4, -0.2) is 60.3 Å². The zero-order valence-electron chi connectivity index (χ0n) is 15.0. The molecule has 1 aliphatic heterocycles. The molecule has 0 unspecified atom stereocenters. The van der Waals surface area contributed by atoms with E-state index in [1.165, 1.54) is 12.1 Å². The Morgan fingerprint density at radius 2 is 1.96 bits per heavy atom. The third kappa shape index (κ3) is 3.83. The molecule has 1 aromatic carbocycles. The third-order valence-electron chi connectivity index (χ3n) is 4.76. The van der Waals surface area contributed by atoms with Crippen LogP contribution in [0.5, 0.6) is 0 Å². The molecule has 1 aliphatic rings. The first kappa shape index (κ1) is 18.3. The molecule has 2 amide bonds. The Morgan fingerprint density at radius 3 is 2.58 bits per heavy atom. The fourth-order valence-electron chi connectivity index (χ4n) is 3.44. The molecule has 1 aromatic heterocycles. The molecule has 1 fully saturated rings. The average Bonchev–Trinajstić information content (AvgIpc) is 2.60. The van der Waals surface area contributed by atoms with Crippen LogP contribution in [0.2, 0.25) is 0 Å². The van der Waals surface area contributed by atoms with Gasteiger partial charge in [-0.15, -0.1) is 0 Å². The van der Waals surface area contributed by atoms with Crippen molar-refractivity contribution in [1.29, 1.82) is 0 Å². The molecule has 2 heterocycles. The molecule has 0 atom stereocenters. The molecular formula is C19H23FN4O2. The predicted octanol–water partition coefficient (Wildman–Crippen LogP) is 1.74. The molecule has 0 aliphatic carbocycles. The number of primary amides is 1. The van der Waals surface area contributed by atoms with Crippen LogP contribution in [0.25, 0.3) is 10.9 Å². The Balaban J connectivity index is 1.84. The number of pyridine rings is 1. The number of likely N-dealkylation sites (N-methyl/N-ethyl adjacent to an activating group) is 1. The van der Waals surface area contributed by atoms with Crippen LogP contribution in [0.4, 0.5) is 4.39 Å². The minimum Gasteiger partial charge on any atom is -0.366 e. The van der Waals surface area contributed by atoms with E-state index in [1.54, 1.807) is 12.1 Å². The van der Waals surface area contributed by atoms with Crippen LogP contribution >= 0.6 is 0 Å². The van der Waals surface area contributed by atoms with E-state index in [4.69, 9.17) is 5.73 Å². The number of carbonyl (C=O) groups is 2. The van der Waals surface area contributed by atoms with Crippen molar-refractivity contribution in [2.45, 2.75) is 18.8 Å². The molecule has 0 saturated carbocycles. The van der Waals surface area contributed by atoms with E-state index in [0.717, 1.165) is 12.8 Å². The summed E-state index contributed by atoms with van der Waals surface area (Å²) < 4.78 is 13.4. The lowest BCUT2D eigenvalue weighted by Gasteiger charge is -2.33. The summed E-state index contributed by atoms with van der Waals surface area (Å²) in [5, 5.41) is 0.557. The molecule has 138 valence electrons. The third-order valence-corrected chi connectivity index (χ3v) is 4.76. The standard InChI is InChI=1S/C19H23FN4O2/c1-23(2)11-17(25)24-7-5-12(6-8-24)18-15(19(21)26)10-13-9-14(20)3-4-16(13)22-18/h3-4,9-10,12H,5-8,11H2,1-2H3,(H2,21,26). The Bertz CT molecular complexity index is 845. The maximum atomic E-state index is 13.4.